The highest BCUT2D eigenvalue weighted by Gasteiger charge is 2.05. The lowest BCUT2D eigenvalue weighted by Crippen LogP contribution is -2.08. The first-order chi connectivity index (χ1) is 11.2. The molecule has 124 valence electrons. The molecular formula is C19H18O5. The molecule has 5 heteroatoms. The average molecular weight is 326 g/mol. The minimum Gasteiger partial charge on any atom is -0.475 e. The minimum absolute atomic E-state index is 0.161. The van der Waals surface area contributed by atoms with Crippen LogP contribution in [0, 0.1) is 0 Å². The number of ketones is 1. The van der Waals surface area contributed by atoms with Crippen LogP contribution in [0.3, 0.4) is 0 Å². The zero-order chi connectivity index (χ0) is 18.7. The predicted molar refractivity (Wildman–Crippen MR) is 92.9 cm³/mol. The molecule has 0 fully saturated rings. The average Bonchev–Trinajstić information content (AvgIpc) is 2.54. The number of aliphatic carboxylic acids is 1. The first-order valence-corrected chi connectivity index (χ1v) is 6.56. The lowest BCUT2D eigenvalue weighted by molar-refractivity contribution is -0.146. The van der Waals surface area contributed by atoms with Crippen molar-refractivity contribution in [1.29, 1.82) is 0 Å². The third kappa shape index (κ3) is 8.09. The lowest BCUT2D eigenvalue weighted by atomic mass is 10.0. The summed E-state index contributed by atoms with van der Waals surface area (Å²) in [5, 5.41) is 8.46. The molecule has 0 aliphatic carbocycles. The highest BCUT2D eigenvalue weighted by molar-refractivity contribution is 6.37. The smallest absolute Gasteiger partial charge is 0.376 e. The quantitative estimate of drug-likeness (QED) is 0.207. The predicted octanol–water partition coefficient (Wildman–Crippen LogP) is 3.22. The number of carboxylic acids is 1. The molecule has 0 aromatic rings. The Labute approximate surface area is 140 Å². The molecule has 0 heterocycles. The molecule has 0 bridgehead atoms. The maximum absolute atomic E-state index is 11.0. The van der Waals surface area contributed by atoms with Gasteiger partial charge in [0.25, 0.3) is 12.3 Å². The van der Waals surface area contributed by atoms with Gasteiger partial charge in [0.05, 0.1) is 0 Å². The molecule has 1 N–H and O–H groups in total. The van der Waals surface area contributed by atoms with Crippen molar-refractivity contribution in [3.8, 4) is 0 Å². The van der Waals surface area contributed by atoms with Crippen LogP contribution in [-0.4, -0.2) is 23.3 Å². The summed E-state index contributed by atoms with van der Waals surface area (Å²) in [4.78, 5) is 31.5. The van der Waals surface area contributed by atoms with Gasteiger partial charge in [-0.3, -0.25) is 9.59 Å². The van der Waals surface area contributed by atoms with E-state index in [1.807, 2.05) is 0 Å². The number of rotatable bonds is 11. The maximum Gasteiger partial charge on any atom is 0.376 e. The van der Waals surface area contributed by atoms with Crippen LogP contribution >= 0.6 is 0 Å². The SMILES string of the molecule is C=C(/C=C\C(=C)C(=C)/C=C\C(=C)C(=C)/C=C\C(=O)C(=O)O)OC=O. The normalized spacial score (nSPS) is 10.7. The third-order valence-electron chi connectivity index (χ3n) is 2.63. The van der Waals surface area contributed by atoms with E-state index in [1.165, 1.54) is 12.2 Å². The van der Waals surface area contributed by atoms with E-state index < -0.39 is 11.8 Å². The van der Waals surface area contributed by atoms with Gasteiger partial charge in [0.2, 0.25) is 0 Å². The van der Waals surface area contributed by atoms with E-state index in [2.05, 4.69) is 37.6 Å². The van der Waals surface area contributed by atoms with Gasteiger partial charge in [-0.1, -0.05) is 57.2 Å². The summed E-state index contributed by atoms with van der Waals surface area (Å²) in [6.45, 7) is 18.8. The molecule has 0 aliphatic heterocycles. The second-order valence-corrected chi connectivity index (χ2v) is 4.45. The molecule has 0 saturated carbocycles. The van der Waals surface area contributed by atoms with Gasteiger partial charge in [-0.05, 0) is 34.4 Å². The van der Waals surface area contributed by atoms with Crippen LogP contribution in [0.25, 0.3) is 0 Å². The van der Waals surface area contributed by atoms with Gasteiger partial charge >= 0.3 is 5.97 Å². The number of allylic oxidation sites excluding steroid dienone is 9. The maximum atomic E-state index is 11.0. The van der Waals surface area contributed by atoms with Gasteiger partial charge < -0.3 is 9.84 Å². The Kier molecular flexibility index (Phi) is 8.80. The van der Waals surface area contributed by atoms with Crippen LogP contribution in [0.1, 0.15) is 0 Å². The van der Waals surface area contributed by atoms with Crippen molar-refractivity contribution in [1.82, 2.24) is 0 Å². The first-order valence-electron chi connectivity index (χ1n) is 6.56. The van der Waals surface area contributed by atoms with E-state index in [4.69, 9.17) is 5.11 Å². The largest absolute Gasteiger partial charge is 0.475 e. The van der Waals surface area contributed by atoms with E-state index in [-0.39, 0.29) is 12.2 Å². The zero-order valence-electron chi connectivity index (χ0n) is 13.2. The van der Waals surface area contributed by atoms with E-state index in [1.54, 1.807) is 18.2 Å². The van der Waals surface area contributed by atoms with Crippen molar-refractivity contribution in [2.24, 2.45) is 0 Å². The van der Waals surface area contributed by atoms with Gasteiger partial charge in [-0.25, -0.2) is 4.79 Å². The first kappa shape index (κ1) is 20.5. The second kappa shape index (κ2) is 10.3. The van der Waals surface area contributed by atoms with Crippen LogP contribution in [0.2, 0.25) is 0 Å². The standard InChI is InChI=1S/C19H18O5/c1-13(15(3)8-10-17(5)24-12-20)6-7-14(2)16(4)9-11-18(21)19(22)23/h6-12H,1-5H2,(H,22,23)/b7-6-,10-8-,11-9-. The van der Waals surface area contributed by atoms with E-state index in [0.29, 0.717) is 22.3 Å². The molecule has 0 rings (SSSR count). The van der Waals surface area contributed by atoms with Gasteiger partial charge in [-0.15, -0.1) is 0 Å². The molecule has 0 aliphatic rings. The molecule has 24 heavy (non-hydrogen) atoms. The molecule has 0 atom stereocenters. The van der Waals surface area contributed by atoms with Crippen LogP contribution in [0.4, 0.5) is 0 Å². The fraction of sp³-hybridized carbons (Fsp3) is 0. The molecule has 0 amide bonds. The Hall–Kier alpha value is -3.47. The molecule has 0 spiro atoms. The summed E-state index contributed by atoms with van der Waals surface area (Å²) >= 11 is 0. The number of hydrogen-bond acceptors (Lipinski definition) is 4. The summed E-state index contributed by atoms with van der Waals surface area (Å²) in [6, 6.07) is 0. The lowest BCUT2D eigenvalue weighted by Gasteiger charge is -2.02. The van der Waals surface area contributed by atoms with Gasteiger partial charge in [0, 0.05) is 0 Å². The number of carbonyl (C=O) groups is 3. The fourth-order valence-electron chi connectivity index (χ4n) is 1.17. The fourth-order valence-corrected chi connectivity index (χ4v) is 1.17. The van der Waals surface area contributed by atoms with Crippen molar-refractivity contribution >= 4 is 18.2 Å². The van der Waals surface area contributed by atoms with E-state index in [0.717, 1.165) is 6.08 Å². The highest BCUT2D eigenvalue weighted by Crippen LogP contribution is 2.14. The van der Waals surface area contributed by atoms with Crippen molar-refractivity contribution in [3.63, 3.8) is 0 Å². The van der Waals surface area contributed by atoms with Crippen LogP contribution in [0.5, 0.6) is 0 Å². The highest BCUT2D eigenvalue weighted by atomic mass is 16.5. The molecule has 0 aromatic heterocycles. The van der Waals surface area contributed by atoms with Crippen LogP contribution in [0.15, 0.2) is 97.4 Å². The van der Waals surface area contributed by atoms with E-state index >= 15 is 0 Å². The van der Waals surface area contributed by atoms with Crippen LogP contribution in [-0.2, 0) is 19.1 Å². The monoisotopic (exact) mass is 326 g/mol. The van der Waals surface area contributed by atoms with Crippen molar-refractivity contribution in [3.05, 3.63) is 97.4 Å². The number of carbonyl (C=O) groups excluding carboxylic acids is 2. The number of hydrogen-bond donors (Lipinski definition) is 1. The molecular weight excluding hydrogens is 308 g/mol. The summed E-state index contributed by atoms with van der Waals surface area (Å²) in [7, 11) is 0. The Morgan fingerprint density at radius 2 is 1.08 bits per heavy atom. The van der Waals surface area contributed by atoms with Crippen molar-refractivity contribution in [2.75, 3.05) is 0 Å². The Balaban J connectivity index is 4.71. The van der Waals surface area contributed by atoms with Crippen molar-refractivity contribution < 1.29 is 24.2 Å². The molecule has 0 radical (unpaired) electrons. The number of ether oxygens (including phenoxy) is 1. The molecule has 0 unspecified atom stereocenters. The molecule has 5 nitrogen and oxygen atoms in total. The van der Waals surface area contributed by atoms with Crippen molar-refractivity contribution in [2.45, 2.75) is 0 Å². The zero-order valence-corrected chi connectivity index (χ0v) is 13.2. The second-order valence-electron chi connectivity index (χ2n) is 4.45. The topological polar surface area (TPSA) is 80.7 Å². The van der Waals surface area contributed by atoms with E-state index in [9.17, 15) is 14.4 Å². The summed E-state index contributed by atoms with van der Waals surface area (Å²) in [5.74, 6) is -2.43. The summed E-state index contributed by atoms with van der Waals surface area (Å²) < 4.78 is 4.51. The summed E-state index contributed by atoms with van der Waals surface area (Å²) in [6.07, 6.45) is 8.41. The number of carboxylic acid groups (broad SMARTS) is 1. The third-order valence-corrected chi connectivity index (χ3v) is 2.63. The van der Waals surface area contributed by atoms with Gasteiger partial charge in [0.15, 0.2) is 0 Å². The molecule has 0 aromatic carbocycles. The minimum atomic E-state index is -1.54. The van der Waals surface area contributed by atoms with Crippen LogP contribution < -0.4 is 0 Å². The Morgan fingerprint density at radius 1 is 0.708 bits per heavy atom. The summed E-state index contributed by atoms with van der Waals surface area (Å²) in [5.41, 5.74) is 1.96. The van der Waals surface area contributed by atoms with Gasteiger partial charge in [0.1, 0.15) is 5.76 Å². The Morgan fingerprint density at radius 3 is 1.46 bits per heavy atom. The Bertz CT molecular complexity index is 699. The van der Waals surface area contributed by atoms with Gasteiger partial charge in [-0.2, -0.15) is 0 Å². The molecule has 0 saturated heterocycles.